The second kappa shape index (κ2) is 5.50. The first-order chi connectivity index (χ1) is 10.5. The molecular weight excluding hydrogens is 296 g/mol. The molecule has 0 atom stereocenters. The maximum atomic E-state index is 12.5. The minimum absolute atomic E-state index is 0.127. The van der Waals surface area contributed by atoms with Crippen LogP contribution in [-0.2, 0) is 7.05 Å². The zero-order valence-electron chi connectivity index (χ0n) is 12.8. The van der Waals surface area contributed by atoms with Gasteiger partial charge in [-0.1, -0.05) is 23.7 Å². The number of amides is 1. The summed E-state index contributed by atoms with van der Waals surface area (Å²) in [6.07, 6.45) is 0. The SMILES string of the molecule is Cc1ccc(NC(=O)c2cc3ccc(Cl)cc3n2C)cc1C. The molecule has 2 aromatic carbocycles. The number of rotatable bonds is 2. The summed E-state index contributed by atoms with van der Waals surface area (Å²) in [4.78, 5) is 12.5. The number of fused-ring (bicyclic) bond motifs is 1. The lowest BCUT2D eigenvalue weighted by molar-refractivity contribution is 0.102. The van der Waals surface area contributed by atoms with E-state index in [1.807, 2.05) is 61.0 Å². The number of carbonyl (C=O) groups excluding carboxylic acids is 1. The molecule has 0 aliphatic carbocycles. The molecule has 1 aromatic heterocycles. The topological polar surface area (TPSA) is 34.0 Å². The summed E-state index contributed by atoms with van der Waals surface area (Å²) in [5, 5.41) is 4.61. The van der Waals surface area contributed by atoms with E-state index in [1.54, 1.807) is 0 Å². The Morgan fingerprint density at radius 1 is 1.05 bits per heavy atom. The largest absolute Gasteiger partial charge is 0.340 e. The molecule has 3 rings (SSSR count). The Morgan fingerprint density at radius 2 is 1.82 bits per heavy atom. The molecule has 0 saturated carbocycles. The third-order valence-electron chi connectivity index (χ3n) is 4.00. The Hall–Kier alpha value is -2.26. The van der Waals surface area contributed by atoms with Gasteiger partial charge < -0.3 is 9.88 Å². The van der Waals surface area contributed by atoms with E-state index in [-0.39, 0.29) is 5.91 Å². The van der Waals surface area contributed by atoms with Crippen LogP contribution in [0.4, 0.5) is 5.69 Å². The van der Waals surface area contributed by atoms with Crippen molar-refractivity contribution in [1.82, 2.24) is 4.57 Å². The highest BCUT2D eigenvalue weighted by Crippen LogP contribution is 2.23. The molecular formula is C18H17ClN2O. The van der Waals surface area contributed by atoms with Crippen molar-refractivity contribution in [2.24, 2.45) is 7.05 Å². The van der Waals surface area contributed by atoms with Crippen molar-refractivity contribution in [3.05, 3.63) is 64.3 Å². The van der Waals surface area contributed by atoms with Gasteiger partial charge in [0, 0.05) is 28.7 Å². The van der Waals surface area contributed by atoms with E-state index < -0.39 is 0 Å². The predicted molar refractivity (Wildman–Crippen MR) is 91.8 cm³/mol. The molecule has 0 saturated heterocycles. The van der Waals surface area contributed by atoms with E-state index in [4.69, 9.17) is 11.6 Å². The number of benzene rings is 2. The van der Waals surface area contributed by atoms with E-state index in [1.165, 1.54) is 5.56 Å². The Labute approximate surface area is 134 Å². The van der Waals surface area contributed by atoms with Gasteiger partial charge in [0.2, 0.25) is 0 Å². The predicted octanol–water partition coefficient (Wildman–Crippen LogP) is 4.70. The molecule has 0 radical (unpaired) electrons. The molecule has 0 fully saturated rings. The smallest absolute Gasteiger partial charge is 0.272 e. The normalized spacial score (nSPS) is 10.9. The highest BCUT2D eigenvalue weighted by Gasteiger charge is 2.14. The van der Waals surface area contributed by atoms with Crippen molar-refractivity contribution in [3.63, 3.8) is 0 Å². The fourth-order valence-corrected chi connectivity index (χ4v) is 2.70. The van der Waals surface area contributed by atoms with Gasteiger partial charge in [-0.05, 0) is 55.3 Å². The minimum atomic E-state index is -0.127. The number of halogens is 1. The number of anilines is 1. The highest BCUT2D eigenvalue weighted by atomic mass is 35.5. The first-order valence-electron chi connectivity index (χ1n) is 7.09. The Kier molecular flexibility index (Phi) is 3.67. The number of aromatic nitrogens is 1. The van der Waals surface area contributed by atoms with Gasteiger partial charge in [0.05, 0.1) is 0 Å². The molecule has 1 N–H and O–H groups in total. The summed E-state index contributed by atoms with van der Waals surface area (Å²) in [5.74, 6) is -0.127. The van der Waals surface area contributed by atoms with Crippen molar-refractivity contribution >= 4 is 34.1 Å². The summed E-state index contributed by atoms with van der Waals surface area (Å²) < 4.78 is 1.86. The third-order valence-corrected chi connectivity index (χ3v) is 4.24. The Balaban J connectivity index is 1.95. The molecule has 3 nitrogen and oxygen atoms in total. The van der Waals surface area contributed by atoms with Crippen molar-refractivity contribution in [3.8, 4) is 0 Å². The molecule has 3 aromatic rings. The summed E-state index contributed by atoms with van der Waals surface area (Å²) in [6, 6.07) is 13.4. The first-order valence-corrected chi connectivity index (χ1v) is 7.47. The van der Waals surface area contributed by atoms with Gasteiger partial charge in [0.25, 0.3) is 5.91 Å². The number of hydrogen-bond acceptors (Lipinski definition) is 1. The van der Waals surface area contributed by atoms with Gasteiger partial charge in [0.1, 0.15) is 5.69 Å². The van der Waals surface area contributed by atoms with Crippen molar-refractivity contribution in [2.45, 2.75) is 13.8 Å². The van der Waals surface area contributed by atoms with Crippen LogP contribution in [0.3, 0.4) is 0 Å². The van der Waals surface area contributed by atoms with E-state index in [0.717, 1.165) is 22.2 Å². The van der Waals surface area contributed by atoms with Crippen LogP contribution in [0.25, 0.3) is 10.9 Å². The third kappa shape index (κ3) is 2.60. The number of nitrogens with one attached hydrogen (secondary N) is 1. The maximum absolute atomic E-state index is 12.5. The molecule has 112 valence electrons. The average molecular weight is 313 g/mol. The van der Waals surface area contributed by atoms with Crippen molar-refractivity contribution in [1.29, 1.82) is 0 Å². The fourth-order valence-electron chi connectivity index (χ4n) is 2.54. The number of hydrogen-bond donors (Lipinski definition) is 1. The van der Waals surface area contributed by atoms with Crippen LogP contribution in [0, 0.1) is 13.8 Å². The molecule has 0 spiro atoms. The van der Waals surface area contributed by atoms with E-state index in [2.05, 4.69) is 12.2 Å². The summed E-state index contributed by atoms with van der Waals surface area (Å²) in [5.41, 5.74) is 4.71. The first kappa shape index (κ1) is 14.7. The summed E-state index contributed by atoms with van der Waals surface area (Å²) in [7, 11) is 1.87. The van der Waals surface area contributed by atoms with Gasteiger partial charge in [-0.3, -0.25) is 4.79 Å². The van der Waals surface area contributed by atoms with Crippen LogP contribution in [0.15, 0.2) is 42.5 Å². The second-order valence-electron chi connectivity index (χ2n) is 5.54. The van der Waals surface area contributed by atoms with Crippen LogP contribution < -0.4 is 5.32 Å². The molecule has 22 heavy (non-hydrogen) atoms. The molecule has 1 amide bonds. The molecule has 0 bridgehead atoms. The molecule has 0 unspecified atom stereocenters. The van der Waals surface area contributed by atoms with Crippen LogP contribution in [-0.4, -0.2) is 10.5 Å². The quantitative estimate of drug-likeness (QED) is 0.731. The van der Waals surface area contributed by atoms with Crippen LogP contribution >= 0.6 is 11.6 Å². The van der Waals surface area contributed by atoms with E-state index in [9.17, 15) is 4.79 Å². The Morgan fingerprint density at radius 3 is 2.55 bits per heavy atom. The Bertz CT molecular complexity index is 880. The van der Waals surface area contributed by atoms with Crippen molar-refractivity contribution in [2.75, 3.05) is 5.32 Å². The summed E-state index contributed by atoms with van der Waals surface area (Å²) >= 11 is 6.03. The fraction of sp³-hybridized carbons (Fsp3) is 0.167. The van der Waals surface area contributed by atoms with Crippen LogP contribution in [0.1, 0.15) is 21.6 Å². The molecule has 4 heteroatoms. The lowest BCUT2D eigenvalue weighted by Gasteiger charge is -2.08. The van der Waals surface area contributed by atoms with E-state index in [0.29, 0.717) is 10.7 Å². The van der Waals surface area contributed by atoms with Gasteiger partial charge in [-0.25, -0.2) is 0 Å². The van der Waals surface area contributed by atoms with Crippen LogP contribution in [0.5, 0.6) is 0 Å². The number of aryl methyl sites for hydroxylation is 3. The zero-order valence-corrected chi connectivity index (χ0v) is 13.5. The summed E-state index contributed by atoms with van der Waals surface area (Å²) in [6.45, 7) is 4.08. The minimum Gasteiger partial charge on any atom is -0.340 e. The van der Waals surface area contributed by atoms with Crippen LogP contribution in [0.2, 0.25) is 5.02 Å². The van der Waals surface area contributed by atoms with Crippen molar-refractivity contribution < 1.29 is 4.79 Å². The maximum Gasteiger partial charge on any atom is 0.272 e. The molecule has 0 aliphatic heterocycles. The lowest BCUT2D eigenvalue weighted by atomic mass is 10.1. The second-order valence-corrected chi connectivity index (χ2v) is 5.98. The lowest BCUT2D eigenvalue weighted by Crippen LogP contribution is -2.15. The highest BCUT2D eigenvalue weighted by molar-refractivity contribution is 6.31. The van der Waals surface area contributed by atoms with Gasteiger partial charge in [0.15, 0.2) is 0 Å². The van der Waals surface area contributed by atoms with E-state index >= 15 is 0 Å². The zero-order chi connectivity index (χ0) is 15.9. The molecule has 0 aliphatic rings. The number of carbonyl (C=O) groups is 1. The van der Waals surface area contributed by atoms with Gasteiger partial charge in [-0.15, -0.1) is 0 Å². The standard InChI is InChI=1S/C18H17ClN2O/c1-11-4-7-15(8-12(11)2)20-18(22)17-9-13-5-6-14(19)10-16(13)21(17)3/h4-10H,1-3H3,(H,20,22). The molecule has 1 heterocycles. The van der Waals surface area contributed by atoms with Gasteiger partial charge in [-0.2, -0.15) is 0 Å². The monoisotopic (exact) mass is 312 g/mol. The average Bonchev–Trinajstić information content (AvgIpc) is 2.80. The van der Waals surface area contributed by atoms with Gasteiger partial charge >= 0.3 is 0 Å². The number of nitrogens with zero attached hydrogens (tertiary/aromatic N) is 1.